The minimum Gasteiger partial charge on any atom is -0.298 e. The fourth-order valence-corrected chi connectivity index (χ4v) is 2.75. The van der Waals surface area contributed by atoms with E-state index >= 15 is 0 Å². The van der Waals surface area contributed by atoms with Gasteiger partial charge < -0.3 is 0 Å². The van der Waals surface area contributed by atoms with Crippen LogP contribution in [0.1, 0.15) is 36.8 Å². The van der Waals surface area contributed by atoms with E-state index in [0.717, 1.165) is 18.4 Å². The summed E-state index contributed by atoms with van der Waals surface area (Å²) in [5.74, 6) is 0.657. The lowest BCUT2D eigenvalue weighted by Gasteiger charge is -2.18. The van der Waals surface area contributed by atoms with Crippen molar-refractivity contribution in [2.24, 2.45) is 5.92 Å². The van der Waals surface area contributed by atoms with Crippen LogP contribution in [0.4, 0.5) is 0 Å². The van der Waals surface area contributed by atoms with Crippen LogP contribution in [0.5, 0.6) is 0 Å². The third-order valence-corrected chi connectivity index (χ3v) is 3.74. The number of carbonyl (C=O) groups excluding carboxylic acids is 1. The summed E-state index contributed by atoms with van der Waals surface area (Å²) in [6, 6.07) is 9.71. The van der Waals surface area contributed by atoms with Gasteiger partial charge >= 0.3 is 0 Å². The van der Waals surface area contributed by atoms with Gasteiger partial charge in [-0.3, -0.25) is 9.69 Å². The lowest BCUT2D eigenvalue weighted by Crippen LogP contribution is -2.29. The molecule has 1 fully saturated rings. The van der Waals surface area contributed by atoms with E-state index < -0.39 is 0 Å². The van der Waals surface area contributed by atoms with Gasteiger partial charge in [0.25, 0.3) is 0 Å². The van der Waals surface area contributed by atoms with Crippen LogP contribution in [-0.2, 0) is 11.3 Å². The summed E-state index contributed by atoms with van der Waals surface area (Å²) in [7, 11) is 1.96. The molecule has 3 heteroatoms. The van der Waals surface area contributed by atoms with Crippen molar-refractivity contribution in [3.8, 4) is 6.07 Å². The van der Waals surface area contributed by atoms with Crippen molar-refractivity contribution >= 4 is 5.78 Å². The molecule has 0 atom stereocenters. The first kappa shape index (κ1) is 13.8. The molecule has 0 aromatic heterocycles. The number of rotatable bonds is 5. The predicted molar refractivity (Wildman–Crippen MR) is 74.5 cm³/mol. The molecular formula is C16H20N2O. The Hall–Kier alpha value is -1.66. The number of likely N-dealkylation sites (N-methyl/N-ethyl adjacent to an activating group) is 1. The summed E-state index contributed by atoms with van der Waals surface area (Å²) >= 11 is 0. The molecule has 0 heterocycles. The highest BCUT2D eigenvalue weighted by Gasteiger charge is 2.23. The van der Waals surface area contributed by atoms with Gasteiger partial charge in [-0.05, 0) is 37.6 Å². The molecule has 0 aliphatic heterocycles. The SMILES string of the molecule is CN(CC(=O)C1CCCC1)Cc1cccc(C#N)c1. The molecule has 0 saturated heterocycles. The average Bonchev–Trinajstić information content (AvgIpc) is 2.92. The van der Waals surface area contributed by atoms with Crippen molar-refractivity contribution in [2.45, 2.75) is 32.2 Å². The number of ketones is 1. The number of Topliss-reactive ketones (excluding diaryl/α,β-unsaturated/α-hetero) is 1. The monoisotopic (exact) mass is 256 g/mol. The fourth-order valence-electron chi connectivity index (χ4n) is 2.75. The highest BCUT2D eigenvalue weighted by molar-refractivity contribution is 5.83. The molecule has 1 aliphatic carbocycles. The summed E-state index contributed by atoms with van der Waals surface area (Å²) in [4.78, 5) is 14.1. The molecule has 100 valence electrons. The van der Waals surface area contributed by atoms with Gasteiger partial charge in [-0.25, -0.2) is 0 Å². The highest BCUT2D eigenvalue weighted by atomic mass is 16.1. The van der Waals surface area contributed by atoms with Crippen molar-refractivity contribution in [2.75, 3.05) is 13.6 Å². The zero-order valence-electron chi connectivity index (χ0n) is 11.4. The summed E-state index contributed by atoms with van der Waals surface area (Å²) in [5.41, 5.74) is 1.76. The molecule has 0 bridgehead atoms. The van der Waals surface area contributed by atoms with Gasteiger partial charge in [-0.15, -0.1) is 0 Å². The van der Waals surface area contributed by atoms with Crippen molar-refractivity contribution < 1.29 is 4.79 Å². The summed E-state index contributed by atoms with van der Waals surface area (Å²) < 4.78 is 0. The van der Waals surface area contributed by atoms with Gasteiger partial charge in [0.1, 0.15) is 5.78 Å². The van der Waals surface area contributed by atoms with Crippen LogP contribution in [-0.4, -0.2) is 24.3 Å². The number of hydrogen-bond acceptors (Lipinski definition) is 3. The van der Waals surface area contributed by atoms with Gasteiger partial charge in [0, 0.05) is 12.5 Å². The predicted octanol–water partition coefficient (Wildman–Crippen LogP) is 2.75. The zero-order chi connectivity index (χ0) is 13.7. The molecule has 19 heavy (non-hydrogen) atoms. The second-order valence-electron chi connectivity index (χ2n) is 5.43. The first-order valence-electron chi connectivity index (χ1n) is 6.89. The Morgan fingerprint density at radius 2 is 2.16 bits per heavy atom. The Balaban J connectivity index is 1.88. The topological polar surface area (TPSA) is 44.1 Å². The molecule has 1 saturated carbocycles. The van der Waals surface area contributed by atoms with Crippen molar-refractivity contribution in [1.82, 2.24) is 4.90 Å². The van der Waals surface area contributed by atoms with Gasteiger partial charge in [0.05, 0.1) is 18.2 Å². The van der Waals surface area contributed by atoms with E-state index in [0.29, 0.717) is 24.4 Å². The number of benzene rings is 1. The molecule has 0 radical (unpaired) electrons. The van der Waals surface area contributed by atoms with Crippen molar-refractivity contribution in [3.63, 3.8) is 0 Å². The Bertz CT molecular complexity index is 484. The summed E-state index contributed by atoms with van der Waals surface area (Å²) in [6.45, 7) is 1.23. The second-order valence-corrected chi connectivity index (χ2v) is 5.43. The highest BCUT2D eigenvalue weighted by Crippen LogP contribution is 2.25. The first-order chi connectivity index (χ1) is 9.19. The van der Waals surface area contributed by atoms with E-state index in [1.807, 2.05) is 30.1 Å². The lowest BCUT2D eigenvalue weighted by atomic mass is 10.0. The van der Waals surface area contributed by atoms with Crippen molar-refractivity contribution in [1.29, 1.82) is 5.26 Å². The Morgan fingerprint density at radius 1 is 1.42 bits per heavy atom. The molecular weight excluding hydrogens is 236 g/mol. The maximum atomic E-state index is 12.1. The number of hydrogen-bond donors (Lipinski definition) is 0. The normalized spacial score (nSPS) is 15.6. The molecule has 0 amide bonds. The van der Waals surface area contributed by atoms with Gasteiger partial charge in [-0.2, -0.15) is 5.26 Å². The number of nitrogens with zero attached hydrogens (tertiary/aromatic N) is 2. The van der Waals surface area contributed by atoms with E-state index in [4.69, 9.17) is 5.26 Å². The van der Waals surface area contributed by atoms with Gasteiger partial charge in [0.15, 0.2) is 0 Å². The van der Waals surface area contributed by atoms with Crippen LogP contribution >= 0.6 is 0 Å². The third-order valence-electron chi connectivity index (χ3n) is 3.74. The Kier molecular flexibility index (Phi) is 4.70. The van der Waals surface area contributed by atoms with Gasteiger partial charge in [0.2, 0.25) is 0 Å². The Labute approximate surface area is 114 Å². The average molecular weight is 256 g/mol. The lowest BCUT2D eigenvalue weighted by molar-refractivity contribution is -0.123. The molecule has 1 aromatic carbocycles. The van der Waals surface area contributed by atoms with Crippen LogP contribution in [0.3, 0.4) is 0 Å². The molecule has 1 aromatic rings. The third kappa shape index (κ3) is 3.90. The zero-order valence-corrected chi connectivity index (χ0v) is 11.4. The van der Waals surface area contributed by atoms with Crippen LogP contribution in [0, 0.1) is 17.2 Å². The van der Waals surface area contributed by atoms with E-state index in [1.54, 1.807) is 6.07 Å². The maximum Gasteiger partial charge on any atom is 0.149 e. The summed E-state index contributed by atoms with van der Waals surface area (Å²) in [5, 5.41) is 8.87. The van der Waals surface area contributed by atoms with E-state index in [1.165, 1.54) is 12.8 Å². The van der Waals surface area contributed by atoms with E-state index in [2.05, 4.69) is 6.07 Å². The van der Waals surface area contributed by atoms with Crippen molar-refractivity contribution in [3.05, 3.63) is 35.4 Å². The quantitative estimate of drug-likeness (QED) is 0.813. The van der Waals surface area contributed by atoms with Crippen LogP contribution < -0.4 is 0 Å². The Morgan fingerprint density at radius 3 is 2.84 bits per heavy atom. The molecule has 2 rings (SSSR count). The van der Waals surface area contributed by atoms with Crippen LogP contribution in [0.25, 0.3) is 0 Å². The van der Waals surface area contributed by atoms with Gasteiger partial charge in [-0.1, -0.05) is 25.0 Å². The minimum atomic E-state index is 0.285. The van der Waals surface area contributed by atoms with E-state index in [9.17, 15) is 4.79 Å². The fraction of sp³-hybridized carbons (Fsp3) is 0.500. The summed E-state index contributed by atoms with van der Waals surface area (Å²) in [6.07, 6.45) is 4.53. The van der Waals surface area contributed by atoms with Crippen LogP contribution in [0.15, 0.2) is 24.3 Å². The molecule has 0 N–H and O–H groups in total. The standard InChI is InChI=1S/C16H20N2O/c1-18(12-16(19)15-7-2-3-8-15)11-14-6-4-5-13(9-14)10-17/h4-6,9,15H,2-3,7-8,11-12H2,1H3. The molecule has 3 nitrogen and oxygen atoms in total. The first-order valence-corrected chi connectivity index (χ1v) is 6.89. The second kappa shape index (κ2) is 6.49. The molecule has 0 unspecified atom stereocenters. The van der Waals surface area contributed by atoms with Crippen LogP contribution in [0.2, 0.25) is 0 Å². The number of nitriles is 1. The molecule has 0 spiro atoms. The smallest absolute Gasteiger partial charge is 0.149 e. The largest absolute Gasteiger partial charge is 0.298 e. The minimum absolute atomic E-state index is 0.285. The molecule has 1 aliphatic rings. The number of carbonyl (C=O) groups is 1. The maximum absolute atomic E-state index is 12.1. The van der Waals surface area contributed by atoms with E-state index in [-0.39, 0.29) is 5.92 Å².